The molecule has 0 fully saturated rings. The first-order chi connectivity index (χ1) is 8.06. The molecule has 0 spiro atoms. The molecule has 0 heterocycles. The van der Waals surface area contributed by atoms with E-state index in [0.29, 0.717) is 0 Å². The maximum atomic E-state index is 13.4. The normalized spacial score (nSPS) is 10.2. The van der Waals surface area contributed by atoms with Crippen LogP contribution in [0, 0.1) is 11.6 Å². The molecule has 0 aliphatic carbocycles. The van der Waals surface area contributed by atoms with Gasteiger partial charge in [0.05, 0.1) is 6.61 Å². The molecule has 0 saturated carbocycles. The van der Waals surface area contributed by atoms with Crippen LogP contribution in [0.15, 0.2) is 12.1 Å². The zero-order chi connectivity index (χ0) is 12.8. The zero-order valence-electron chi connectivity index (χ0n) is 9.32. The smallest absolute Gasteiger partial charge is 0.509 e. The summed E-state index contributed by atoms with van der Waals surface area (Å²) in [6, 6.07) is 2.24. The van der Waals surface area contributed by atoms with Gasteiger partial charge in [0.25, 0.3) is 0 Å². The fourth-order valence-electron chi connectivity index (χ4n) is 1.16. The molecule has 0 amide bonds. The molecule has 0 saturated heterocycles. The first kappa shape index (κ1) is 13.7. The summed E-state index contributed by atoms with van der Waals surface area (Å²) in [4.78, 5) is 0. The van der Waals surface area contributed by atoms with Gasteiger partial charge in [0.2, 0.25) is 11.6 Å². The van der Waals surface area contributed by atoms with E-state index >= 15 is 0 Å². The molecule has 1 aromatic rings. The van der Waals surface area contributed by atoms with E-state index < -0.39 is 24.7 Å². The van der Waals surface area contributed by atoms with Gasteiger partial charge >= 0.3 is 7.32 Å². The van der Waals surface area contributed by atoms with Crippen molar-refractivity contribution in [1.82, 2.24) is 0 Å². The van der Waals surface area contributed by atoms with Crippen molar-refractivity contribution in [2.75, 3.05) is 6.61 Å². The Kier molecular flexibility index (Phi) is 5.18. The van der Waals surface area contributed by atoms with Gasteiger partial charge < -0.3 is 19.4 Å². The van der Waals surface area contributed by atoms with Crippen LogP contribution in [0.3, 0.4) is 0 Å². The average Bonchev–Trinajstić information content (AvgIpc) is 2.28. The number of benzene rings is 1. The predicted octanol–water partition coefficient (Wildman–Crippen LogP) is 1.49. The minimum Gasteiger partial charge on any atom is -0.509 e. The van der Waals surface area contributed by atoms with Crippen LogP contribution in [0.25, 0.3) is 0 Å². The Hall–Kier alpha value is -1.34. The van der Waals surface area contributed by atoms with Gasteiger partial charge in [0.15, 0.2) is 5.75 Å². The van der Waals surface area contributed by atoms with Crippen molar-refractivity contribution in [3.05, 3.63) is 23.8 Å². The van der Waals surface area contributed by atoms with Gasteiger partial charge in [-0.05, 0) is 18.6 Å². The van der Waals surface area contributed by atoms with Gasteiger partial charge in [-0.15, -0.1) is 0 Å². The summed E-state index contributed by atoms with van der Waals surface area (Å²) in [5.74, 6) is -3.33. The average molecular weight is 246 g/mol. The van der Waals surface area contributed by atoms with Crippen molar-refractivity contribution < 1.29 is 28.2 Å². The number of rotatable bonds is 6. The Morgan fingerprint density at radius 3 is 2.35 bits per heavy atom. The number of halogens is 2. The largest absolute Gasteiger partial charge is 0.707 e. The second-order valence-electron chi connectivity index (χ2n) is 3.34. The van der Waals surface area contributed by atoms with E-state index in [-0.39, 0.29) is 12.4 Å². The van der Waals surface area contributed by atoms with E-state index in [2.05, 4.69) is 4.65 Å². The molecule has 1 aromatic carbocycles. The van der Waals surface area contributed by atoms with Crippen LogP contribution in [0.5, 0.6) is 11.5 Å². The molecular weight excluding hydrogens is 233 g/mol. The third-order valence-corrected chi connectivity index (χ3v) is 2.00. The minimum absolute atomic E-state index is 0.226. The van der Waals surface area contributed by atoms with E-state index in [1.165, 1.54) is 6.07 Å². The topological polar surface area (TPSA) is 58.9 Å². The molecule has 4 nitrogen and oxygen atoms in total. The van der Waals surface area contributed by atoms with Crippen LogP contribution in [0.1, 0.15) is 19.8 Å². The molecule has 0 aliphatic heterocycles. The number of ether oxygens (including phenoxy) is 1. The lowest BCUT2D eigenvalue weighted by atomic mass is 10.2. The predicted molar refractivity (Wildman–Crippen MR) is 57.6 cm³/mol. The van der Waals surface area contributed by atoms with Gasteiger partial charge in [-0.25, -0.2) is 0 Å². The van der Waals surface area contributed by atoms with Crippen molar-refractivity contribution >= 4 is 7.32 Å². The van der Waals surface area contributed by atoms with Crippen molar-refractivity contribution in [3.8, 4) is 11.5 Å². The van der Waals surface area contributed by atoms with Crippen LogP contribution in [0.2, 0.25) is 0 Å². The Morgan fingerprint density at radius 2 is 1.76 bits per heavy atom. The Labute approximate surface area is 98.0 Å². The highest BCUT2D eigenvalue weighted by molar-refractivity contribution is 6.33. The molecule has 0 aliphatic rings. The number of hydrogen-bond donors (Lipinski definition) is 2. The van der Waals surface area contributed by atoms with E-state index in [1.54, 1.807) is 0 Å². The van der Waals surface area contributed by atoms with Crippen LogP contribution in [0.4, 0.5) is 8.78 Å². The molecule has 0 aromatic heterocycles. The fourth-order valence-corrected chi connectivity index (χ4v) is 1.16. The fraction of sp³-hybridized carbons (Fsp3) is 0.400. The summed E-state index contributed by atoms with van der Waals surface area (Å²) in [5.41, 5.74) is 0. The highest BCUT2D eigenvalue weighted by Gasteiger charge is 2.20. The number of unbranched alkanes of at least 4 members (excludes halogenated alkanes) is 1. The standard InChI is InChI=1S/C10H13BF2O4/c1-2-3-6-16-7-4-5-8(17-11(14)15)10(13)9(7)12/h4-5,14-15H,2-3,6H2,1H3. The van der Waals surface area contributed by atoms with E-state index in [4.69, 9.17) is 14.8 Å². The van der Waals surface area contributed by atoms with Crippen molar-refractivity contribution in [2.45, 2.75) is 19.8 Å². The Morgan fingerprint density at radius 1 is 1.18 bits per heavy atom. The van der Waals surface area contributed by atoms with Crippen LogP contribution in [-0.2, 0) is 0 Å². The lowest BCUT2D eigenvalue weighted by Gasteiger charge is -2.10. The highest BCUT2D eigenvalue weighted by atomic mass is 19.2. The maximum Gasteiger partial charge on any atom is 0.707 e. The highest BCUT2D eigenvalue weighted by Crippen LogP contribution is 2.27. The molecular formula is C10H13BF2O4. The molecule has 0 atom stereocenters. The SMILES string of the molecule is CCCCOc1ccc(OB(O)O)c(F)c1F. The van der Waals surface area contributed by atoms with E-state index in [0.717, 1.165) is 18.9 Å². The summed E-state index contributed by atoms with van der Waals surface area (Å²) in [6.45, 7) is 2.23. The second-order valence-corrected chi connectivity index (χ2v) is 3.34. The monoisotopic (exact) mass is 246 g/mol. The molecule has 2 N–H and O–H groups in total. The third kappa shape index (κ3) is 3.87. The minimum atomic E-state index is -2.20. The third-order valence-electron chi connectivity index (χ3n) is 2.00. The lowest BCUT2D eigenvalue weighted by Crippen LogP contribution is -2.21. The second kappa shape index (κ2) is 6.41. The molecule has 0 radical (unpaired) electrons. The molecule has 1 rings (SSSR count). The Balaban J connectivity index is 2.79. The van der Waals surface area contributed by atoms with E-state index in [9.17, 15) is 8.78 Å². The van der Waals surface area contributed by atoms with Crippen LogP contribution >= 0.6 is 0 Å². The Bertz CT molecular complexity index is 374. The van der Waals surface area contributed by atoms with Gasteiger partial charge in [0, 0.05) is 0 Å². The van der Waals surface area contributed by atoms with Crippen LogP contribution in [-0.4, -0.2) is 24.0 Å². The zero-order valence-corrected chi connectivity index (χ0v) is 9.32. The van der Waals surface area contributed by atoms with Crippen molar-refractivity contribution in [1.29, 1.82) is 0 Å². The summed E-state index contributed by atoms with van der Waals surface area (Å²) >= 11 is 0. The molecule has 7 heteroatoms. The maximum absolute atomic E-state index is 13.4. The summed E-state index contributed by atoms with van der Waals surface area (Å²) in [5, 5.41) is 17.0. The summed E-state index contributed by atoms with van der Waals surface area (Å²) < 4.78 is 36.0. The molecule has 17 heavy (non-hydrogen) atoms. The number of hydrogen-bond acceptors (Lipinski definition) is 4. The van der Waals surface area contributed by atoms with Gasteiger partial charge in [-0.1, -0.05) is 13.3 Å². The quantitative estimate of drug-likeness (QED) is 0.589. The molecule has 94 valence electrons. The van der Waals surface area contributed by atoms with Gasteiger partial charge in [0.1, 0.15) is 5.75 Å². The lowest BCUT2D eigenvalue weighted by molar-refractivity contribution is 0.269. The first-order valence-corrected chi connectivity index (χ1v) is 5.19. The van der Waals surface area contributed by atoms with Crippen LogP contribution < -0.4 is 9.39 Å². The molecule has 0 bridgehead atoms. The van der Waals surface area contributed by atoms with Crippen molar-refractivity contribution in [2.24, 2.45) is 0 Å². The summed E-state index contributed by atoms with van der Waals surface area (Å²) in [6.07, 6.45) is 1.61. The molecule has 0 unspecified atom stereocenters. The van der Waals surface area contributed by atoms with E-state index in [1.807, 2.05) is 6.92 Å². The van der Waals surface area contributed by atoms with Gasteiger partial charge in [-0.3, -0.25) is 0 Å². The van der Waals surface area contributed by atoms with Gasteiger partial charge in [-0.2, -0.15) is 8.78 Å². The summed E-state index contributed by atoms with van der Waals surface area (Å²) in [7, 11) is -2.20. The first-order valence-electron chi connectivity index (χ1n) is 5.19. The van der Waals surface area contributed by atoms with Crippen molar-refractivity contribution in [3.63, 3.8) is 0 Å².